The maximum Gasteiger partial charge on any atom is 0.283 e. The number of aliphatic imine (C=N–C) groups is 1. The van der Waals surface area contributed by atoms with Crippen LogP contribution in [0, 0.1) is 5.41 Å². The van der Waals surface area contributed by atoms with Crippen molar-refractivity contribution in [3.63, 3.8) is 0 Å². The first kappa shape index (κ1) is 26.3. The van der Waals surface area contributed by atoms with E-state index in [4.69, 9.17) is 36.0 Å². The van der Waals surface area contributed by atoms with Gasteiger partial charge in [0, 0.05) is 5.56 Å². The Hall–Kier alpha value is -4.28. The van der Waals surface area contributed by atoms with Gasteiger partial charge in [-0.05, 0) is 53.7 Å². The number of carbonyl (C=O) groups is 1. The molecule has 11 heteroatoms. The molecule has 1 N–H and O–H groups in total. The standard InChI is InChI=1S/C28H23ClN4O5S/c1-35-21-9-5-6-10-22(21)37-13-14-38-23-12-11-17(16-24(23)36-2)15-19-25(30)33-28(31-26(19)34)39-27(32-33)18-7-3-4-8-20(18)29/h3-12,15-16,30H,13-14H2,1-2H3/b19-15+,30-25?. The molecule has 0 aliphatic carbocycles. The predicted octanol–water partition coefficient (Wildman–Crippen LogP) is 5.48. The molecule has 198 valence electrons. The number of hydrogen-bond donors (Lipinski definition) is 1. The molecule has 0 bridgehead atoms. The number of hydrogen-bond acceptors (Lipinski definition) is 8. The molecule has 9 nitrogen and oxygen atoms in total. The highest BCUT2D eigenvalue weighted by Gasteiger charge is 2.36. The van der Waals surface area contributed by atoms with E-state index in [0.717, 1.165) is 0 Å². The minimum absolute atomic E-state index is 0.0765. The second-order valence-corrected chi connectivity index (χ2v) is 9.53. The van der Waals surface area contributed by atoms with E-state index >= 15 is 0 Å². The van der Waals surface area contributed by atoms with Gasteiger partial charge in [-0.1, -0.05) is 48.0 Å². The van der Waals surface area contributed by atoms with Gasteiger partial charge in [-0.25, -0.2) is 0 Å². The van der Waals surface area contributed by atoms with E-state index in [1.807, 2.05) is 42.5 Å². The number of methoxy groups -OCH3 is 2. The first-order valence-corrected chi connectivity index (χ1v) is 13.0. The third-order valence-corrected chi connectivity index (χ3v) is 7.00. The second-order valence-electron chi connectivity index (χ2n) is 8.16. The van der Waals surface area contributed by atoms with E-state index in [1.165, 1.54) is 23.9 Å². The maximum absolute atomic E-state index is 12.8. The number of nitrogens with one attached hydrogen (secondary N) is 1. The van der Waals surface area contributed by atoms with Crippen LogP contribution in [0.2, 0.25) is 5.02 Å². The lowest BCUT2D eigenvalue weighted by atomic mass is 10.1. The van der Waals surface area contributed by atoms with Crippen molar-refractivity contribution in [2.24, 2.45) is 10.1 Å². The second kappa shape index (κ2) is 11.6. The third kappa shape index (κ3) is 5.62. The van der Waals surface area contributed by atoms with Crippen LogP contribution in [-0.4, -0.2) is 54.4 Å². The monoisotopic (exact) mass is 562 g/mol. The topological polar surface area (TPSA) is 106 Å². The van der Waals surface area contributed by atoms with Gasteiger partial charge in [0.2, 0.25) is 5.17 Å². The summed E-state index contributed by atoms with van der Waals surface area (Å²) < 4.78 is 22.4. The number of amidine groups is 2. The Labute approximate surface area is 234 Å². The number of carbonyl (C=O) groups excluding carboxylic acids is 1. The van der Waals surface area contributed by atoms with E-state index in [9.17, 15) is 4.79 Å². The largest absolute Gasteiger partial charge is 0.493 e. The summed E-state index contributed by atoms with van der Waals surface area (Å²) in [6, 6.07) is 19.9. The van der Waals surface area contributed by atoms with Crippen LogP contribution in [0.15, 0.2) is 82.4 Å². The lowest BCUT2D eigenvalue weighted by Gasteiger charge is -2.20. The number of thioether (sulfide) groups is 1. The van der Waals surface area contributed by atoms with Crippen molar-refractivity contribution in [1.29, 1.82) is 5.41 Å². The van der Waals surface area contributed by atoms with Crippen LogP contribution in [0.1, 0.15) is 11.1 Å². The van der Waals surface area contributed by atoms with Gasteiger partial charge >= 0.3 is 0 Å². The first-order chi connectivity index (χ1) is 19.0. The predicted molar refractivity (Wildman–Crippen MR) is 153 cm³/mol. The Morgan fingerprint density at radius 3 is 2.31 bits per heavy atom. The van der Waals surface area contributed by atoms with Crippen LogP contribution in [0.3, 0.4) is 0 Å². The molecule has 0 atom stereocenters. The van der Waals surface area contributed by atoms with E-state index in [-0.39, 0.29) is 18.0 Å². The van der Waals surface area contributed by atoms with Crippen molar-refractivity contribution in [3.05, 3.63) is 88.5 Å². The summed E-state index contributed by atoms with van der Waals surface area (Å²) in [5.41, 5.74) is 1.45. The summed E-state index contributed by atoms with van der Waals surface area (Å²) in [4.78, 5) is 17.0. The fourth-order valence-corrected chi connectivity index (χ4v) is 5.05. The maximum atomic E-state index is 12.8. The van der Waals surface area contributed by atoms with Gasteiger partial charge in [-0.15, -0.1) is 0 Å². The Morgan fingerprint density at radius 2 is 1.59 bits per heavy atom. The van der Waals surface area contributed by atoms with Crippen LogP contribution < -0.4 is 18.9 Å². The fraction of sp³-hybridized carbons (Fsp3) is 0.143. The summed E-state index contributed by atoms with van der Waals surface area (Å²) >= 11 is 7.50. The molecule has 2 aliphatic heterocycles. The Kier molecular flexibility index (Phi) is 7.85. The lowest BCUT2D eigenvalue weighted by molar-refractivity contribution is -0.114. The SMILES string of the molecule is COc1ccccc1OCCOc1ccc(/C=C2\C(=N)N3N=C(c4ccccc4Cl)SC3=NC2=O)cc1OC. The molecule has 0 unspecified atom stereocenters. The van der Waals surface area contributed by atoms with E-state index in [1.54, 1.807) is 37.5 Å². The number of halogens is 1. The summed E-state index contributed by atoms with van der Waals surface area (Å²) in [6.07, 6.45) is 1.58. The molecule has 3 aromatic rings. The molecule has 5 rings (SSSR count). The average molecular weight is 563 g/mol. The Morgan fingerprint density at radius 1 is 0.923 bits per heavy atom. The van der Waals surface area contributed by atoms with Crippen molar-refractivity contribution < 1.29 is 23.7 Å². The summed E-state index contributed by atoms with van der Waals surface area (Å²) in [5, 5.41) is 15.9. The number of ether oxygens (including phenoxy) is 4. The molecule has 0 spiro atoms. The minimum Gasteiger partial charge on any atom is -0.493 e. The number of hydrazone groups is 1. The van der Waals surface area contributed by atoms with Gasteiger partial charge in [0.15, 0.2) is 28.8 Å². The minimum atomic E-state index is -0.526. The fourth-order valence-electron chi connectivity index (χ4n) is 3.84. The molecule has 2 heterocycles. The summed E-state index contributed by atoms with van der Waals surface area (Å²) in [5.74, 6) is 1.65. The molecule has 3 aromatic carbocycles. The third-order valence-electron chi connectivity index (χ3n) is 5.72. The van der Waals surface area contributed by atoms with Gasteiger partial charge in [0.25, 0.3) is 5.91 Å². The zero-order valence-electron chi connectivity index (χ0n) is 21.0. The molecule has 2 aliphatic rings. The number of benzene rings is 3. The van der Waals surface area contributed by atoms with Gasteiger partial charge in [0.05, 0.1) is 24.8 Å². The van der Waals surface area contributed by atoms with Crippen molar-refractivity contribution in [1.82, 2.24) is 5.01 Å². The Balaban J connectivity index is 1.29. The smallest absolute Gasteiger partial charge is 0.283 e. The number of amides is 1. The molecule has 1 amide bonds. The molecule has 0 aromatic heterocycles. The first-order valence-electron chi connectivity index (χ1n) is 11.8. The zero-order chi connectivity index (χ0) is 27.4. The average Bonchev–Trinajstić information content (AvgIpc) is 3.38. The summed E-state index contributed by atoms with van der Waals surface area (Å²) in [6.45, 7) is 0.569. The molecule has 0 saturated heterocycles. The molecular formula is C28H23ClN4O5S. The van der Waals surface area contributed by atoms with Crippen LogP contribution >= 0.6 is 23.4 Å². The quantitative estimate of drug-likeness (QED) is 0.272. The highest BCUT2D eigenvalue weighted by molar-refractivity contribution is 8.27. The van der Waals surface area contributed by atoms with Gasteiger partial charge < -0.3 is 18.9 Å². The number of fused-ring (bicyclic) bond motifs is 1. The van der Waals surface area contributed by atoms with Crippen molar-refractivity contribution in [2.75, 3.05) is 27.4 Å². The van der Waals surface area contributed by atoms with Crippen LogP contribution in [0.5, 0.6) is 23.0 Å². The van der Waals surface area contributed by atoms with Gasteiger partial charge in [-0.3, -0.25) is 10.2 Å². The van der Waals surface area contributed by atoms with E-state index < -0.39 is 5.91 Å². The number of para-hydroxylation sites is 2. The highest BCUT2D eigenvalue weighted by Crippen LogP contribution is 2.34. The van der Waals surface area contributed by atoms with Crippen molar-refractivity contribution in [2.45, 2.75) is 0 Å². The van der Waals surface area contributed by atoms with Crippen LogP contribution in [0.4, 0.5) is 0 Å². The molecular weight excluding hydrogens is 540 g/mol. The molecule has 0 saturated carbocycles. The van der Waals surface area contributed by atoms with Crippen molar-refractivity contribution >= 4 is 51.4 Å². The zero-order valence-corrected chi connectivity index (χ0v) is 22.6. The Bertz CT molecular complexity index is 1540. The summed E-state index contributed by atoms with van der Waals surface area (Å²) in [7, 11) is 3.12. The van der Waals surface area contributed by atoms with Gasteiger partial charge in [0.1, 0.15) is 18.3 Å². The molecule has 39 heavy (non-hydrogen) atoms. The molecule has 0 fully saturated rings. The van der Waals surface area contributed by atoms with E-state index in [0.29, 0.717) is 56.0 Å². The van der Waals surface area contributed by atoms with Crippen LogP contribution in [-0.2, 0) is 4.79 Å². The lowest BCUT2D eigenvalue weighted by Crippen LogP contribution is -2.35. The number of nitrogens with zero attached hydrogens (tertiary/aromatic N) is 3. The molecule has 0 radical (unpaired) electrons. The normalized spacial score (nSPS) is 15.6. The number of rotatable bonds is 9. The van der Waals surface area contributed by atoms with Crippen LogP contribution in [0.25, 0.3) is 6.08 Å². The van der Waals surface area contributed by atoms with E-state index in [2.05, 4.69) is 10.1 Å². The van der Waals surface area contributed by atoms with Crippen molar-refractivity contribution in [3.8, 4) is 23.0 Å². The van der Waals surface area contributed by atoms with Gasteiger partial charge in [-0.2, -0.15) is 15.1 Å². The highest BCUT2D eigenvalue weighted by atomic mass is 35.5.